The Morgan fingerprint density at radius 3 is 0.877 bits per heavy atom. The molecule has 0 heterocycles. The summed E-state index contributed by atoms with van der Waals surface area (Å²) in [5.74, 6) is -2.38. The maximum Gasteiger partial charge on any atom is 2.00 e. The Morgan fingerprint density at radius 2 is 0.646 bits per heavy atom. The maximum atomic E-state index is 10.1. The molecular weight excluding hydrogens is 928 g/mol. The molecule has 9 heteroatoms. The van der Waals surface area contributed by atoms with Crippen molar-refractivity contribution in [3.63, 3.8) is 0 Å². The number of carboxylic acids is 2. The van der Waals surface area contributed by atoms with Gasteiger partial charge < -0.3 is 31.3 Å². The van der Waals surface area contributed by atoms with Gasteiger partial charge in [0.2, 0.25) is 0 Å². The summed E-state index contributed by atoms with van der Waals surface area (Å²) >= 11 is 0. The fraction of sp³-hybridized carbons (Fsp3) is 0.179. The topological polar surface area (TPSA) is 132 Å². The molecule has 0 bridgehead atoms. The zero-order chi connectivity index (χ0) is 46.0. The van der Waals surface area contributed by atoms with E-state index in [1.54, 1.807) is 41.5 Å². The van der Waals surface area contributed by atoms with Gasteiger partial charge in [-0.05, 0) is 91.2 Å². The molecule has 0 saturated carbocycles. The summed E-state index contributed by atoms with van der Waals surface area (Å²) in [6, 6.07) is 70.1. The van der Waals surface area contributed by atoms with Crippen LogP contribution in [-0.4, -0.2) is 24.0 Å². The van der Waals surface area contributed by atoms with E-state index in [1.165, 1.54) is 64.5 Å². The average Bonchev–Trinajstić information content (AvgIpc) is 3.30. The van der Waals surface area contributed by atoms with Crippen molar-refractivity contribution >= 4 is 81.2 Å². The summed E-state index contributed by atoms with van der Waals surface area (Å²) in [5, 5.41) is 33.6. The van der Waals surface area contributed by atoms with Crippen molar-refractivity contribution < 1.29 is 39.3 Å². The molecule has 332 valence electrons. The van der Waals surface area contributed by atoms with Crippen LogP contribution < -0.4 is 53.5 Å². The van der Waals surface area contributed by atoms with Gasteiger partial charge in [0.25, 0.3) is 0 Å². The second-order valence-corrected chi connectivity index (χ2v) is 22.1. The van der Waals surface area contributed by atoms with E-state index in [0.717, 1.165) is 0 Å². The van der Waals surface area contributed by atoms with Crippen LogP contribution in [0.5, 0.6) is 0 Å². The third-order valence-electron chi connectivity index (χ3n) is 11.0. The molecule has 0 aliphatic heterocycles. The number of benzene rings is 8. The van der Waals surface area contributed by atoms with Gasteiger partial charge in [-0.15, -0.1) is 0 Å². The molecular formula is C56H56N2O4P2Ru. The fourth-order valence-corrected chi connectivity index (χ4v) is 12.2. The van der Waals surface area contributed by atoms with Crippen molar-refractivity contribution in [2.45, 2.75) is 53.6 Å². The predicted molar refractivity (Wildman–Crippen MR) is 269 cm³/mol. The molecule has 0 spiro atoms. The minimum atomic E-state index is -1.19. The minimum Gasteiger partial charge on any atom is -0.548 e. The Labute approximate surface area is 399 Å². The number of carboxylic acid groups (broad SMARTS) is 2. The first-order chi connectivity index (χ1) is 30.6. The Morgan fingerprint density at radius 1 is 0.400 bits per heavy atom. The Hall–Kier alpha value is -5.38. The van der Waals surface area contributed by atoms with Crippen molar-refractivity contribution in [1.82, 2.24) is 0 Å². The molecule has 65 heavy (non-hydrogen) atoms. The van der Waals surface area contributed by atoms with Crippen LogP contribution in [0.2, 0.25) is 0 Å². The van der Waals surface area contributed by atoms with E-state index in [-0.39, 0.29) is 19.5 Å². The number of hydrogen-bond acceptors (Lipinski definition) is 6. The molecule has 0 saturated heterocycles. The number of carbonyl (C=O) groups is 2. The number of aliphatic carboxylic acids is 2. The van der Waals surface area contributed by atoms with Gasteiger partial charge in [-0.3, -0.25) is 0 Å². The zero-order valence-corrected chi connectivity index (χ0v) is 41.2. The molecule has 0 amide bonds. The maximum absolute atomic E-state index is 10.1. The monoisotopic (exact) mass is 984 g/mol. The van der Waals surface area contributed by atoms with Gasteiger partial charge in [0.1, 0.15) is 0 Å². The quantitative estimate of drug-likeness (QED) is 0.115. The van der Waals surface area contributed by atoms with E-state index in [0.29, 0.717) is 0 Å². The van der Waals surface area contributed by atoms with Gasteiger partial charge in [-0.25, -0.2) is 0 Å². The van der Waals surface area contributed by atoms with E-state index < -0.39 is 50.7 Å². The van der Waals surface area contributed by atoms with Gasteiger partial charge in [0.15, 0.2) is 0 Å². The van der Waals surface area contributed by atoms with Crippen molar-refractivity contribution in [2.75, 3.05) is 0 Å². The molecule has 0 fully saturated rings. The first-order valence-electron chi connectivity index (χ1n) is 21.3. The normalized spacial score (nSPS) is 12.3. The zero-order valence-electron chi connectivity index (χ0n) is 37.7. The summed E-state index contributed by atoms with van der Waals surface area (Å²) in [5.41, 5.74) is 12.4. The smallest absolute Gasteiger partial charge is 0.548 e. The first kappa shape index (κ1) is 50.6. The summed E-state index contributed by atoms with van der Waals surface area (Å²) < 4.78 is 0. The third-order valence-corrected chi connectivity index (χ3v) is 15.9. The third kappa shape index (κ3) is 12.5. The summed E-state index contributed by atoms with van der Waals surface area (Å²) in [6.45, 7) is 10.5. The Balaban J connectivity index is 0.000000354. The average molecular weight is 984 g/mol. The SMILES string of the molecule is CC(C)(C)[C@H](N)C(=O)[O-].CC(C)(C)[C@H](N)C(=O)[O-].[Ru+2].c1ccc(P(c2ccccc2)c2ccc3ccccc3c2-c2c(P(c3ccccc3)c3ccccc3)ccc3ccccc23)cc1. The van der Waals surface area contributed by atoms with Crippen LogP contribution in [-0.2, 0) is 29.1 Å². The van der Waals surface area contributed by atoms with E-state index in [9.17, 15) is 19.8 Å². The standard InChI is InChI=1S/C44H32P2.2C6H13NO2.Ru/c1-5-19-35(20-6-1)45(36-21-7-2-8-22-36)41-31-29-33-17-13-15-27-39(33)43(41)44-40-28-16-14-18-34(40)30-32-42(44)46(37-23-9-3-10-24-37)38-25-11-4-12-26-38;2*1-6(2,3)4(7)5(8)9;/h1-32H;2*4H,7H2,1-3H3,(H,8,9);/q;;;+2/p-2/t;2*4-;/m.11./s1. The summed E-state index contributed by atoms with van der Waals surface area (Å²) in [6.07, 6.45) is 0. The van der Waals surface area contributed by atoms with Crippen LogP contribution in [0.3, 0.4) is 0 Å². The molecule has 0 aliphatic carbocycles. The van der Waals surface area contributed by atoms with E-state index in [4.69, 9.17) is 11.5 Å². The van der Waals surface area contributed by atoms with Crippen LogP contribution in [0, 0.1) is 10.8 Å². The van der Waals surface area contributed by atoms with Crippen molar-refractivity contribution in [3.05, 3.63) is 194 Å². The number of carbonyl (C=O) groups excluding carboxylic acids is 2. The molecule has 0 aliphatic rings. The van der Waals surface area contributed by atoms with Crippen molar-refractivity contribution in [1.29, 1.82) is 0 Å². The molecule has 0 radical (unpaired) electrons. The fourth-order valence-electron chi connectivity index (χ4n) is 7.29. The van der Waals surface area contributed by atoms with Crippen LogP contribution in [0.15, 0.2) is 194 Å². The number of fused-ring (bicyclic) bond motifs is 2. The van der Waals surface area contributed by atoms with Crippen LogP contribution in [0.4, 0.5) is 0 Å². The Kier molecular flexibility index (Phi) is 17.7. The van der Waals surface area contributed by atoms with Gasteiger partial charge in [-0.2, -0.15) is 0 Å². The number of hydrogen-bond donors (Lipinski definition) is 2. The number of rotatable bonds is 9. The molecule has 8 aromatic carbocycles. The molecule has 6 nitrogen and oxygen atoms in total. The largest absolute Gasteiger partial charge is 2.00 e. The second kappa shape index (κ2) is 22.7. The molecule has 2 atom stereocenters. The second-order valence-electron chi connectivity index (χ2n) is 17.7. The molecule has 8 rings (SSSR count). The minimum absolute atomic E-state index is 0. The molecule has 4 N–H and O–H groups in total. The van der Waals surface area contributed by atoms with Crippen LogP contribution >= 0.6 is 15.8 Å². The van der Waals surface area contributed by atoms with E-state index in [1.807, 2.05) is 0 Å². The van der Waals surface area contributed by atoms with Crippen molar-refractivity contribution in [2.24, 2.45) is 22.3 Å². The van der Waals surface area contributed by atoms with Gasteiger partial charge >= 0.3 is 19.5 Å². The molecule has 0 aromatic heterocycles. The van der Waals surface area contributed by atoms with Gasteiger partial charge in [-0.1, -0.05) is 236 Å². The molecule has 0 unspecified atom stereocenters. The van der Waals surface area contributed by atoms with Crippen LogP contribution in [0.1, 0.15) is 41.5 Å². The van der Waals surface area contributed by atoms with E-state index in [2.05, 4.69) is 194 Å². The van der Waals surface area contributed by atoms with Gasteiger partial charge in [0, 0.05) is 12.1 Å². The Bertz CT molecular complexity index is 2520. The van der Waals surface area contributed by atoms with Crippen LogP contribution in [0.25, 0.3) is 32.7 Å². The summed E-state index contributed by atoms with van der Waals surface area (Å²) in [4.78, 5) is 20.2. The number of nitrogens with two attached hydrogens (primary N) is 2. The van der Waals surface area contributed by atoms with Crippen molar-refractivity contribution in [3.8, 4) is 11.1 Å². The van der Waals surface area contributed by atoms with Gasteiger partial charge in [0.05, 0.1) is 11.9 Å². The first-order valence-corrected chi connectivity index (χ1v) is 24.0. The van der Waals surface area contributed by atoms with E-state index >= 15 is 0 Å². The molecule has 8 aromatic rings. The summed E-state index contributed by atoms with van der Waals surface area (Å²) in [7, 11) is -1.70. The predicted octanol–water partition coefficient (Wildman–Crippen LogP) is 7.39.